The number of carbonyl (C=O) groups excluding carboxylic acids is 1. The van der Waals surface area contributed by atoms with Crippen molar-refractivity contribution in [3.05, 3.63) is 51.1 Å². The third-order valence-electron chi connectivity index (χ3n) is 6.19. The van der Waals surface area contributed by atoms with E-state index >= 15 is 0 Å². The molecule has 2 N–H and O–H groups in total. The SMILES string of the molecule is N#Cc1ccc(N2CCCN(C(=O)CCNC3CCc4c3n[nH]c(=O)c4C(F)(F)F)CC2)nc1. The molecule has 4 rings (SSSR count). The van der Waals surface area contributed by atoms with E-state index in [0.717, 1.165) is 18.8 Å². The van der Waals surface area contributed by atoms with E-state index in [9.17, 15) is 22.8 Å². The molecule has 2 aliphatic rings. The number of halogens is 3. The van der Waals surface area contributed by atoms with E-state index in [2.05, 4.69) is 20.3 Å². The van der Waals surface area contributed by atoms with Crippen molar-refractivity contribution in [3.8, 4) is 6.07 Å². The Bertz CT molecular complexity index is 1140. The number of fused-ring (bicyclic) bond motifs is 1. The molecule has 0 spiro atoms. The molecule has 1 aliphatic heterocycles. The zero-order valence-electron chi connectivity index (χ0n) is 18.4. The predicted octanol–water partition coefficient (Wildman–Crippen LogP) is 1.76. The highest BCUT2D eigenvalue weighted by atomic mass is 19.4. The molecule has 2 aromatic rings. The van der Waals surface area contributed by atoms with Crippen molar-refractivity contribution in [2.24, 2.45) is 0 Å². The number of carbonyl (C=O) groups is 1. The van der Waals surface area contributed by atoms with Gasteiger partial charge in [0.15, 0.2) is 0 Å². The van der Waals surface area contributed by atoms with Crippen molar-refractivity contribution in [1.29, 1.82) is 5.26 Å². The van der Waals surface area contributed by atoms with Gasteiger partial charge in [0.2, 0.25) is 5.91 Å². The molecule has 0 aromatic carbocycles. The largest absolute Gasteiger partial charge is 0.422 e. The lowest BCUT2D eigenvalue weighted by Crippen LogP contribution is -2.37. The molecule has 1 atom stereocenters. The van der Waals surface area contributed by atoms with Crippen LogP contribution in [0.1, 0.15) is 47.7 Å². The number of nitrogens with zero attached hydrogens (tertiary/aromatic N) is 5. The second kappa shape index (κ2) is 9.80. The molecule has 0 saturated carbocycles. The molecule has 2 aromatic heterocycles. The Labute approximate surface area is 193 Å². The van der Waals surface area contributed by atoms with Crippen LogP contribution in [0.2, 0.25) is 0 Å². The summed E-state index contributed by atoms with van der Waals surface area (Å²) in [6, 6.07) is 5.11. The fraction of sp³-hybridized carbons (Fsp3) is 0.500. The fourth-order valence-corrected chi connectivity index (χ4v) is 4.51. The van der Waals surface area contributed by atoms with Crippen molar-refractivity contribution >= 4 is 11.7 Å². The quantitative estimate of drug-likeness (QED) is 0.677. The standard InChI is InChI=1S/C22H24F3N7O2/c23-22(24,25)19-15-3-4-16(20(15)29-30-21(19)34)27-7-6-18(33)32-9-1-8-31(10-11-32)17-5-2-14(12-26)13-28-17/h2,5,13,16,27H,1,3-4,6-11H2,(H,30,34). The van der Waals surface area contributed by atoms with Crippen LogP contribution >= 0.6 is 0 Å². The second-order valence-electron chi connectivity index (χ2n) is 8.32. The monoisotopic (exact) mass is 475 g/mol. The highest BCUT2D eigenvalue weighted by Crippen LogP contribution is 2.37. The number of aromatic amines is 1. The third kappa shape index (κ3) is 5.04. The first-order valence-corrected chi connectivity index (χ1v) is 11.1. The molecular formula is C22H24F3N7O2. The predicted molar refractivity (Wildman–Crippen MR) is 116 cm³/mol. The van der Waals surface area contributed by atoms with Gasteiger partial charge in [0, 0.05) is 45.3 Å². The Balaban J connectivity index is 1.30. The lowest BCUT2D eigenvalue weighted by atomic mass is 10.1. The molecule has 1 fully saturated rings. The molecule has 1 unspecified atom stereocenters. The molecule has 12 heteroatoms. The lowest BCUT2D eigenvalue weighted by Gasteiger charge is -2.23. The maximum atomic E-state index is 13.3. The van der Waals surface area contributed by atoms with Gasteiger partial charge >= 0.3 is 6.18 Å². The van der Waals surface area contributed by atoms with Crippen molar-refractivity contribution in [2.45, 2.75) is 37.9 Å². The molecular weight excluding hydrogens is 451 g/mol. The van der Waals surface area contributed by atoms with Crippen LogP contribution in [-0.2, 0) is 17.4 Å². The highest BCUT2D eigenvalue weighted by molar-refractivity contribution is 5.76. The van der Waals surface area contributed by atoms with E-state index in [1.807, 2.05) is 11.2 Å². The number of hydrogen-bond acceptors (Lipinski definition) is 7. The Morgan fingerprint density at radius 2 is 2.09 bits per heavy atom. The van der Waals surface area contributed by atoms with Gasteiger partial charge in [-0.05, 0) is 37.0 Å². The Morgan fingerprint density at radius 3 is 2.79 bits per heavy atom. The average Bonchev–Trinajstić information content (AvgIpc) is 3.04. The first kappa shape index (κ1) is 23.7. The zero-order valence-corrected chi connectivity index (χ0v) is 18.4. The topological polar surface area (TPSA) is 118 Å². The smallest absolute Gasteiger partial charge is 0.355 e. The number of alkyl halides is 3. The van der Waals surface area contributed by atoms with E-state index in [0.29, 0.717) is 38.2 Å². The first-order chi connectivity index (χ1) is 16.3. The van der Waals surface area contributed by atoms with E-state index in [1.165, 1.54) is 6.20 Å². The van der Waals surface area contributed by atoms with Crippen LogP contribution < -0.4 is 15.8 Å². The number of anilines is 1. The third-order valence-corrected chi connectivity index (χ3v) is 6.19. The summed E-state index contributed by atoms with van der Waals surface area (Å²) in [5.74, 6) is 0.726. The number of rotatable bonds is 5. The molecule has 1 amide bonds. The van der Waals surface area contributed by atoms with E-state index in [1.54, 1.807) is 17.0 Å². The van der Waals surface area contributed by atoms with Crippen LogP contribution in [0, 0.1) is 11.3 Å². The van der Waals surface area contributed by atoms with Crippen molar-refractivity contribution in [2.75, 3.05) is 37.6 Å². The fourth-order valence-electron chi connectivity index (χ4n) is 4.51. The van der Waals surface area contributed by atoms with Crippen LogP contribution in [0.5, 0.6) is 0 Å². The van der Waals surface area contributed by atoms with Crippen LogP contribution in [-0.4, -0.2) is 58.7 Å². The Kier molecular flexibility index (Phi) is 6.83. The molecule has 0 bridgehead atoms. The Morgan fingerprint density at radius 1 is 1.26 bits per heavy atom. The molecule has 9 nitrogen and oxygen atoms in total. The molecule has 3 heterocycles. The molecule has 180 valence electrons. The van der Waals surface area contributed by atoms with Crippen LogP contribution in [0.15, 0.2) is 23.1 Å². The zero-order chi connectivity index (χ0) is 24.3. The summed E-state index contributed by atoms with van der Waals surface area (Å²) in [5, 5.41) is 17.8. The molecule has 34 heavy (non-hydrogen) atoms. The van der Waals surface area contributed by atoms with Gasteiger partial charge in [-0.15, -0.1) is 0 Å². The number of pyridine rings is 1. The minimum Gasteiger partial charge on any atom is -0.355 e. The van der Waals surface area contributed by atoms with E-state index in [4.69, 9.17) is 5.26 Å². The number of nitrogens with one attached hydrogen (secondary N) is 2. The van der Waals surface area contributed by atoms with Gasteiger partial charge in [0.1, 0.15) is 17.5 Å². The van der Waals surface area contributed by atoms with Crippen LogP contribution in [0.25, 0.3) is 0 Å². The maximum absolute atomic E-state index is 13.3. The first-order valence-electron chi connectivity index (χ1n) is 11.1. The van der Waals surface area contributed by atoms with Gasteiger partial charge in [-0.2, -0.15) is 23.5 Å². The van der Waals surface area contributed by atoms with Crippen molar-refractivity contribution in [3.63, 3.8) is 0 Å². The minimum absolute atomic E-state index is 0.0363. The van der Waals surface area contributed by atoms with Gasteiger partial charge in [0.05, 0.1) is 17.3 Å². The summed E-state index contributed by atoms with van der Waals surface area (Å²) in [5.41, 5.74) is -1.79. The van der Waals surface area contributed by atoms with E-state index in [-0.39, 0.29) is 30.0 Å². The number of H-pyrrole nitrogens is 1. The van der Waals surface area contributed by atoms with Crippen molar-refractivity contribution < 1.29 is 18.0 Å². The summed E-state index contributed by atoms with van der Waals surface area (Å²) < 4.78 is 39.8. The van der Waals surface area contributed by atoms with E-state index < -0.39 is 23.3 Å². The number of amides is 1. The number of nitriles is 1. The average molecular weight is 475 g/mol. The lowest BCUT2D eigenvalue weighted by molar-refractivity contribution is -0.139. The summed E-state index contributed by atoms with van der Waals surface area (Å²) in [4.78, 5) is 32.6. The number of hydrogen-bond donors (Lipinski definition) is 2. The minimum atomic E-state index is -4.74. The highest BCUT2D eigenvalue weighted by Gasteiger charge is 2.41. The summed E-state index contributed by atoms with van der Waals surface area (Å²) >= 11 is 0. The summed E-state index contributed by atoms with van der Waals surface area (Å²) in [6.07, 6.45) is -1.74. The summed E-state index contributed by atoms with van der Waals surface area (Å²) in [6.45, 7) is 2.79. The van der Waals surface area contributed by atoms with Gasteiger partial charge in [0.25, 0.3) is 5.56 Å². The van der Waals surface area contributed by atoms with Gasteiger partial charge in [-0.25, -0.2) is 10.1 Å². The summed E-state index contributed by atoms with van der Waals surface area (Å²) in [7, 11) is 0. The second-order valence-corrected chi connectivity index (χ2v) is 8.32. The number of aromatic nitrogens is 3. The van der Waals surface area contributed by atoms with Crippen molar-refractivity contribution in [1.82, 2.24) is 25.4 Å². The Hall–Kier alpha value is -3.46. The maximum Gasteiger partial charge on any atom is 0.422 e. The molecule has 1 aliphatic carbocycles. The molecule has 0 radical (unpaired) electrons. The molecule has 1 saturated heterocycles. The van der Waals surface area contributed by atoms with Crippen LogP contribution in [0.4, 0.5) is 19.0 Å². The van der Waals surface area contributed by atoms with Gasteiger partial charge < -0.3 is 15.1 Å². The van der Waals surface area contributed by atoms with Gasteiger partial charge in [-0.3, -0.25) is 9.59 Å². The van der Waals surface area contributed by atoms with Gasteiger partial charge in [-0.1, -0.05) is 0 Å². The normalized spacial score (nSPS) is 18.4. The van der Waals surface area contributed by atoms with Crippen LogP contribution in [0.3, 0.4) is 0 Å².